The van der Waals surface area contributed by atoms with Crippen molar-refractivity contribution < 1.29 is 18.4 Å². The van der Waals surface area contributed by atoms with Crippen LogP contribution in [0.1, 0.15) is 310 Å². The molecule has 0 saturated heterocycles. The molecule has 2 aromatic carbocycles. The molecule has 4 N–H and O–H groups in total. The Balaban J connectivity index is 1.06. The summed E-state index contributed by atoms with van der Waals surface area (Å²) in [6.45, 7) is 30.9. The molecule has 0 aliphatic heterocycles. The minimum absolute atomic E-state index is 0.0679. The molecule has 0 spiro atoms. The number of aryl methyl sites for hydroxylation is 1. The lowest BCUT2D eigenvalue weighted by Gasteiger charge is -2.24. The Morgan fingerprint density at radius 3 is 1.60 bits per heavy atom. The van der Waals surface area contributed by atoms with E-state index in [0.29, 0.717) is 37.5 Å². The predicted molar refractivity (Wildman–Crippen MR) is 381 cm³/mol. The number of unbranched alkanes of at least 4 members (excludes halogenated alkanes) is 7. The van der Waals surface area contributed by atoms with Crippen LogP contribution in [0.5, 0.6) is 0 Å². The van der Waals surface area contributed by atoms with Gasteiger partial charge in [0, 0.05) is 30.3 Å². The first-order valence-electron chi connectivity index (χ1n) is 37.0. The molecular weight excluding hydrogens is 1100 g/mol. The maximum Gasteiger partial charge on any atom is 0.330 e. The number of fused-ring (bicyclic) bond motifs is 3. The van der Waals surface area contributed by atoms with E-state index in [4.69, 9.17) is 19.8 Å². The van der Waals surface area contributed by atoms with Crippen molar-refractivity contribution in [2.45, 2.75) is 307 Å². The van der Waals surface area contributed by atoms with Crippen LogP contribution in [0.25, 0.3) is 21.9 Å². The second-order valence-corrected chi connectivity index (χ2v) is 30.9. The molecule has 0 aliphatic rings. The van der Waals surface area contributed by atoms with Gasteiger partial charge in [-0.15, -0.1) is 0 Å². The fourth-order valence-electron chi connectivity index (χ4n) is 13.2. The number of nitrogen functional groups attached to an aromatic ring is 1. The summed E-state index contributed by atoms with van der Waals surface area (Å²) in [6.07, 6.45) is 41.1. The van der Waals surface area contributed by atoms with Gasteiger partial charge in [0.2, 0.25) is 0 Å². The van der Waals surface area contributed by atoms with Gasteiger partial charge in [0.05, 0.1) is 29.9 Å². The van der Waals surface area contributed by atoms with Gasteiger partial charge in [-0.3, -0.25) is 9.36 Å². The molecule has 88 heavy (non-hydrogen) atoms. The first-order chi connectivity index (χ1) is 42.5. The van der Waals surface area contributed by atoms with Crippen LogP contribution < -0.4 is 16.4 Å². The number of carbonyl (C=O) groups is 1. The zero-order valence-electron chi connectivity index (χ0n) is 58.7. The molecule has 4 aromatic rings. The number of hydrogen-bond donors (Lipinski definition) is 3. The summed E-state index contributed by atoms with van der Waals surface area (Å²) in [5, 5.41) is 8.32. The van der Waals surface area contributed by atoms with Gasteiger partial charge in [0.25, 0.3) is 0 Å². The monoisotopic (exact) mass is 1240 g/mol. The molecule has 502 valence electrons. The topological polar surface area (TPSA) is 133 Å². The van der Waals surface area contributed by atoms with Crippen LogP contribution >= 0.6 is 7.60 Å². The maximum atomic E-state index is 14.4. The highest BCUT2D eigenvalue weighted by Crippen LogP contribution is 2.51. The Morgan fingerprint density at radius 1 is 0.534 bits per heavy atom. The predicted octanol–water partition coefficient (Wildman–Crippen LogP) is 22.1. The van der Waals surface area contributed by atoms with E-state index in [1.807, 2.05) is 30.3 Å². The van der Waals surface area contributed by atoms with Crippen molar-refractivity contribution in [3.63, 3.8) is 0 Å². The van der Waals surface area contributed by atoms with Crippen molar-refractivity contribution in [1.29, 1.82) is 0 Å². The van der Waals surface area contributed by atoms with Crippen molar-refractivity contribution in [1.82, 2.24) is 25.2 Å². The molecule has 8 unspecified atom stereocenters. The van der Waals surface area contributed by atoms with Crippen molar-refractivity contribution in [2.75, 3.05) is 44.7 Å². The number of hydrogen-bond acceptors (Lipinski definition) is 9. The SMILES string of the molecule is CCCCc1nc2c(N)nc3ccccc3c2n1Cc1ccc(C(=O)CCCCCCCCCNCCCNCCCP(=O)(OCCC(C)CCCC(C)CCCC(C)CCCC(C)C)OC(C)CCCC(C)CCCC(C)CCCC(C)CCC)cc1. The first kappa shape index (κ1) is 77.3. The van der Waals surface area contributed by atoms with E-state index in [1.165, 1.54) is 148 Å². The number of para-hydroxylation sites is 1. The number of anilines is 1. The van der Waals surface area contributed by atoms with Gasteiger partial charge in [0.15, 0.2) is 11.6 Å². The number of pyridine rings is 1. The third-order valence-corrected chi connectivity index (χ3v) is 21.3. The molecule has 4 rings (SSSR count). The van der Waals surface area contributed by atoms with Crippen LogP contribution in [0.15, 0.2) is 48.5 Å². The minimum atomic E-state index is -3.22. The fraction of sp³-hybridized carbons (Fsp3) is 0.779. The summed E-state index contributed by atoms with van der Waals surface area (Å²) >= 11 is 0. The van der Waals surface area contributed by atoms with Crippen LogP contribution in [0.3, 0.4) is 0 Å². The van der Waals surface area contributed by atoms with Crippen LogP contribution in [0.4, 0.5) is 5.82 Å². The number of carbonyl (C=O) groups excluding carboxylic acids is 1. The summed E-state index contributed by atoms with van der Waals surface area (Å²) in [5.74, 6) is 7.19. The van der Waals surface area contributed by atoms with Crippen molar-refractivity contribution in [2.24, 2.45) is 41.4 Å². The van der Waals surface area contributed by atoms with Gasteiger partial charge in [-0.25, -0.2) is 9.97 Å². The van der Waals surface area contributed by atoms with Crippen LogP contribution in [0.2, 0.25) is 0 Å². The van der Waals surface area contributed by atoms with E-state index in [9.17, 15) is 9.36 Å². The highest BCUT2D eigenvalue weighted by molar-refractivity contribution is 7.53. The average Bonchev–Trinajstić information content (AvgIpc) is 2.28. The summed E-state index contributed by atoms with van der Waals surface area (Å²) in [6, 6.07) is 16.3. The molecule has 2 aromatic heterocycles. The van der Waals surface area contributed by atoms with Crippen LogP contribution in [-0.2, 0) is 26.6 Å². The lowest BCUT2D eigenvalue weighted by Crippen LogP contribution is -2.24. The number of nitrogens with one attached hydrogen (secondary N) is 2. The fourth-order valence-corrected chi connectivity index (χ4v) is 15.1. The quantitative estimate of drug-likeness (QED) is 0.0224. The Morgan fingerprint density at radius 2 is 1.03 bits per heavy atom. The number of nitrogens with zero attached hydrogens (tertiary/aromatic N) is 3. The zero-order valence-corrected chi connectivity index (χ0v) is 59.6. The van der Waals surface area contributed by atoms with Gasteiger partial charge in [-0.1, -0.05) is 272 Å². The molecule has 8 atom stereocenters. The average molecular weight is 1240 g/mol. The van der Waals surface area contributed by atoms with Crippen LogP contribution in [0, 0.1) is 41.4 Å². The van der Waals surface area contributed by atoms with E-state index in [0.717, 1.165) is 165 Å². The van der Waals surface area contributed by atoms with Gasteiger partial charge in [0.1, 0.15) is 11.3 Å². The summed E-state index contributed by atoms with van der Waals surface area (Å²) < 4.78 is 29.5. The minimum Gasteiger partial charge on any atom is -0.382 e. The van der Waals surface area contributed by atoms with Crippen molar-refractivity contribution >= 4 is 41.1 Å². The van der Waals surface area contributed by atoms with Gasteiger partial charge >= 0.3 is 7.60 Å². The standard InChI is InChI=1S/C77H135N6O4P/c1-12-14-48-74-82-75-76(71-45-21-22-46-72(71)81-77(75)78)83(74)60-69-49-51-70(52-50-69)73(84)47-20-18-16-15-17-19-23-54-79-55-30-56-80-57-31-59-88(85,86-58-53-67(10)42-28-41-65(8)38-26-37-63(6)34-24-33-61(3)4)87-68(11)44-29-43-66(9)40-27-39-64(7)36-25-35-62(5)32-13-2/h21-22,45-46,49-52,61-68,79-80H,12-20,23-44,47-48,53-60H2,1-11H3,(H2,78,81). The molecule has 0 saturated carbocycles. The molecule has 0 bridgehead atoms. The molecule has 0 aliphatic carbocycles. The third kappa shape index (κ3) is 32.9. The Labute approximate surface area is 540 Å². The van der Waals surface area contributed by atoms with Gasteiger partial charge in [-0.05, 0) is 131 Å². The number of imidazole rings is 1. The Hall–Kier alpha value is -3.14. The molecular formula is C77H135N6O4P. The maximum absolute atomic E-state index is 14.4. The van der Waals surface area contributed by atoms with Gasteiger partial charge < -0.3 is 30.0 Å². The zero-order chi connectivity index (χ0) is 63.8. The highest BCUT2D eigenvalue weighted by Gasteiger charge is 2.28. The molecule has 2 heterocycles. The largest absolute Gasteiger partial charge is 0.382 e. The number of aromatic nitrogens is 3. The number of nitrogens with two attached hydrogens (primary N) is 1. The van der Waals surface area contributed by atoms with Crippen LogP contribution in [-0.4, -0.2) is 65.4 Å². The number of Topliss-reactive ketones (excluding diaryl/α,β-unsaturated/α-hetero) is 1. The smallest absolute Gasteiger partial charge is 0.330 e. The van der Waals surface area contributed by atoms with Gasteiger partial charge in [-0.2, -0.15) is 0 Å². The number of ketones is 1. The van der Waals surface area contributed by atoms with Crippen molar-refractivity contribution in [3.05, 3.63) is 65.5 Å². The number of rotatable bonds is 56. The normalized spacial score (nSPS) is 15.2. The second kappa shape index (κ2) is 46.0. The Bertz CT molecular complexity index is 2460. The Kier molecular flexibility index (Phi) is 40.4. The molecule has 11 heteroatoms. The molecule has 0 amide bonds. The summed E-state index contributed by atoms with van der Waals surface area (Å²) in [4.78, 5) is 22.8. The lowest BCUT2D eigenvalue weighted by molar-refractivity contribution is 0.0979. The van der Waals surface area contributed by atoms with E-state index in [2.05, 4.69) is 115 Å². The summed E-state index contributed by atoms with van der Waals surface area (Å²) in [7, 11) is -3.22. The van der Waals surface area contributed by atoms with E-state index >= 15 is 0 Å². The second-order valence-electron chi connectivity index (χ2n) is 28.8. The van der Waals surface area contributed by atoms with Crippen molar-refractivity contribution in [3.8, 4) is 0 Å². The van der Waals surface area contributed by atoms with E-state index < -0.39 is 7.60 Å². The highest BCUT2D eigenvalue weighted by atomic mass is 31.2. The summed E-state index contributed by atoms with van der Waals surface area (Å²) in [5.41, 5.74) is 11.1. The number of benzene rings is 2. The van der Waals surface area contributed by atoms with E-state index in [-0.39, 0.29) is 11.9 Å². The molecule has 0 fully saturated rings. The third-order valence-electron chi connectivity index (χ3n) is 19.2. The first-order valence-corrected chi connectivity index (χ1v) is 38.7. The molecule has 0 radical (unpaired) electrons. The van der Waals surface area contributed by atoms with E-state index in [1.54, 1.807) is 0 Å². The molecule has 10 nitrogen and oxygen atoms in total. The lowest BCUT2D eigenvalue weighted by atomic mass is 9.91.